The standard InChI is InChI=1S/C21H23N3O5S2/c1-2-24-19-7-6-17(31(26,27)23-9-11-28-12-10-23)14-18(19)22-20(24)15-29-21(25)8-5-16-4-3-13-30-16/h3-8,13-14H,2,9-12,15H2,1H3/b8-5+. The third kappa shape index (κ3) is 4.72. The van der Waals surface area contributed by atoms with Gasteiger partial charge in [0.15, 0.2) is 0 Å². The number of aromatic nitrogens is 2. The minimum atomic E-state index is -3.61. The number of hydrogen-bond acceptors (Lipinski definition) is 7. The molecule has 0 saturated carbocycles. The zero-order chi connectivity index (χ0) is 21.8. The number of nitrogens with zero attached hydrogens (tertiary/aromatic N) is 3. The fraction of sp³-hybridized carbons (Fsp3) is 0.333. The summed E-state index contributed by atoms with van der Waals surface area (Å²) in [5.41, 5.74) is 1.35. The van der Waals surface area contributed by atoms with Gasteiger partial charge in [0, 0.05) is 30.6 Å². The molecule has 0 N–H and O–H groups in total. The molecule has 1 fully saturated rings. The van der Waals surface area contributed by atoms with E-state index in [1.54, 1.807) is 24.3 Å². The van der Waals surface area contributed by atoms with Crippen LogP contribution in [0.3, 0.4) is 0 Å². The molecular weight excluding hydrogens is 438 g/mol. The van der Waals surface area contributed by atoms with Crippen molar-refractivity contribution in [2.24, 2.45) is 0 Å². The van der Waals surface area contributed by atoms with Gasteiger partial charge in [0.25, 0.3) is 0 Å². The number of sulfonamides is 1. The number of aryl methyl sites for hydroxylation is 1. The second kappa shape index (κ2) is 9.31. The van der Waals surface area contributed by atoms with Gasteiger partial charge in [0.1, 0.15) is 12.4 Å². The van der Waals surface area contributed by atoms with E-state index in [0.29, 0.717) is 44.2 Å². The van der Waals surface area contributed by atoms with Gasteiger partial charge in [0.05, 0.1) is 29.1 Å². The summed E-state index contributed by atoms with van der Waals surface area (Å²) in [4.78, 5) is 17.8. The molecule has 0 bridgehead atoms. The minimum Gasteiger partial charge on any atom is -0.454 e. The van der Waals surface area contributed by atoms with Crippen LogP contribution in [0.2, 0.25) is 0 Å². The molecule has 31 heavy (non-hydrogen) atoms. The maximum atomic E-state index is 12.9. The van der Waals surface area contributed by atoms with E-state index in [4.69, 9.17) is 9.47 Å². The van der Waals surface area contributed by atoms with Crippen molar-refractivity contribution in [1.29, 1.82) is 0 Å². The molecule has 1 saturated heterocycles. The minimum absolute atomic E-state index is 0.00167. The largest absolute Gasteiger partial charge is 0.454 e. The zero-order valence-corrected chi connectivity index (χ0v) is 18.7. The summed E-state index contributed by atoms with van der Waals surface area (Å²) in [6.07, 6.45) is 3.09. The van der Waals surface area contributed by atoms with Crippen LogP contribution in [0.1, 0.15) is 17.6 Å². The van der Waals surface area contributed by atoms with E-state index in [2.05, 4.69) is 4.98 Å². The van der Waals surface area contributed by atoms with Gasteiger partial charge in [-0.1, -0.05) is 6.07 Å². The first-order valence-electron chi connectivity index (χ1n) is 9.94. The van der Waals surface area contributed by atoms with Crippen molar-refractivity contribution < 1.29 is 22.7 Å². The average Bonchev–Trinajstić information content (AvgIpc) is 3.43. The third-order valence-electron chi connectivity index (χ3n) is 4.99. The van der Waals surface area contributed by atoms with Crippen LogP contribution < -0.4 is 0 Å². The van der Waals surface area contributed by atoms with E-state index in [1.165, 1.54) is 21.7 Å². The molecule has 1 aliphatic rings. The van der Waals surface area contributed by atoms with Gasteiger partial charge in [-0.25, -0.2) is 18.2 Å². The maximum Gasteiger partial charge on any atom is 0.331 e. The Bertz CT molecular complexity index is 1190. The third-order valence-corrected chi connectivity index (χ3v) is 7.73. The summed E-state index contributed by atoms with van der Waals surface area (Å²) in [5.74, 6) is 0.106. The van der Waals surface area contributed by atoms with E-state index in [-0.39, 0.29) is 11.5 Å². The lowest BCUT2D eigenvalue weighted by molar-refractivity contribution is -0.139. The van der Waals surface area contributed by atoms with E-state index in [9.17, 15) is 13.2 Å². The number of rotatable bonds is 7. The van der Waals surface area contributed by atoms with Crippen LogP contribution in [0.25, 0.3) is 17.1 Å². The lowest BCUT2D eigenvalue weighted by atomic mass is 10.3. The molecule has 8 nitrogen and oxygen atoms in total. The van der Waals surface area contributed by atoms with Crippen LogP contribution in [0.15, 0.2) is 46.7 Å². The fourth-order valence-electron chi connectivity index (χ4n) is 3.44. The highest BCUT2D eigenvalue weighted by molar-refractivity contribution is 7.89. The fourth-order valence-corrected chi connectivity index (χ4v) is 5.49. The first kappa shape index (κ1) is 21.7. The Balaban J connectivity index is 1.53. The number of fused-ring (bicyclic) bond motifs is 1. The van der Waals surface area contributed by atoms with Crippen LogP contribution in [0.5, 0.6) is 0 Å². The van der Waals surface area contributed by atoms with Crippen molar-refractivity contribution in [3.63, 3.8) is 0 Å². The van der Waals surface area contributed by atoms with Crippen molar-refractivity contribution in [2.75, 3.05) is 26.3 Å². The van der Waals surface area contributed by atoms with Crippen LogP contribution in [0.4, 0.5) is 0 Å². The Morgan fingerprint density at radius 2 is 2.10 bits per heavy atom. The lowest BCUT2D eigenvalue weighted by Gasteiger charge is -2.26. The molecule has 0 unspecified atom stereocenters. The Labute approximate surface area is 184 Å². The van der Waals surface area contributed by atoms with E-state index < -0.39 is 16.0 Å². The van der Waals surface area contributed by atoms with Crippen molar-refractivity contribution >= 4 is 44.4 Å². The molecule has 10 heteroatoms. The highest BCUT2D eigenvalue weighted by atomic mass is 32.2. The lowest BCUT2D eigenvalue weighted by Crippen LogP contribution is -2.40. The number of esters is 1. The van der Waals surface area contributed by atoms with Crippen LogP contribution in [0, 0.1) is 0 Å². The van der Waals surface area contributed by atoms with Crippen molar-refractivity contribution in [2.45, 2.75) is 25.0 Å². The van der Waals surface area contributed by atoms with E-state index in [1.807, 2.05) is 29.0 Å². The van der Waals surface area contributed by atoms with Crippen molar-refractivity contribution in [3.8, 4) is 0 Å². The molecule has 3 aromatic rings. The quantitative estimate of drug-likeness (QED) is 0.397. The zero-order valence-electron chi connectivity index (χ0n) is 17.1. The Morgan fingerprint density at radius 1 is 1.29 bits per heavy atom. The predicted molar refractivity (Wildman–Crippen MR) is 118 cm³/mol. The van der Waals surface area contributed by atoms with Gasteiger partial charge >= 0.3 is 5.97 Å². The summed E-state index contributed by atoms with van der Waals surface area (Å²) in [7, 11) is -3.61. The first-order chi connectivity index (χ1) is 15.0. The summed E-state index contributed by atoms with van der Waals surface area (Å²) in [6.45, 7) is 4.03. The molecule has 0 atom stereocenters. The van der Waals surface area contributed by atoms with Gasteiger partial charge in [-0.05, 0) is 42.6 Å². The van der Waals surface area contributed by atoms with Gasteiger partial charge < -0.3 is 14.0 Å². The van der Waals surface area contributed by atoms with Gasteiger partial charge in [0.2, 0.25) is 10.0 Å². The number of thiophene rings is 1. The monoisotopic (exact) mass is 461 g/mol. The molecule has 0 amide bonds. The highest BCUT2D eigenvalue weighted by Gasteiger charge is 2.27. The average molecular weight is 462 g/mol. The van der Waals surface area contributed by atoms with E-state index >= 15 is 0 Å². The molecule has 1 aromatic carbocycles. The number of ether oxygens (including phenoxy) is 2. The SMILES string of the molecule is CCn1c(COC(=O)/C=C/c2cccs2)nc2cc(S(=O)(=O)N3CCOCC3)ccc21. The normalized spacial score (nSPS) is 15.6. The maximum absolute atomic E-state index is 12.9. The Hall–Kier alpha value is -2.53. The number of hydrogen-bond donors (Lipinski definition) is 0. The molecule has 4 rings (SSSR count). The van der Waals surface area contributed by atoms with Crippen LogP contribution in [-0.2, 0) is 37.4 Å². The summed E-state index contributed by atoms with van der Waals surface area (Å²) in [6, 6.07) is 8.75. The molecule has 1 aliphatic heterocycles. The smallest absolute Gasteiger partial charge is 0.331 e. The first-order valence-corrected chi connectivity index (χ1v) is 12.3. The second-order valence-electron chi connectivity index (χ2n) is 6.90. The number of benzene rings is 1. The summed E-state index contributed by atoms with van der Waals surface area (Å²) >= 11 is 1.53. The molecule has 2 aromatic heterocycles. The molecule has 0 radical (unpaired) electrons. The van der Waals surface area contributed by atoms with E-state index in [0.717, 1.165) is 10.4 Å². The van der Waals surface area contributed by atoms with Gasteiger partial charge in [-0.3, -0.25) is 0 Å². The highest BCUT2D eigenvalue weighted by Crippen LogP contribution is 2.24. The summed E-state index contributed by atoms with van der Waals surface area (Å²) < 4.78 is 39.8. The predicted octanol–water partition coefficient (Wildman–Crippen LogP) is 2.90. The Morgan fingerprint density at radius 3 is 2.81 bits per heavy atom. The van der Waals surface area contributed by atoms with Crippen molar-refractivity contribution in [1.82, 2.24) is 13.9 Å². The molecule has 0 spiro atoms. The van der Waals surface area contributed by atoms with Gasteiger partial charge in [-0.2, -0.15) is 4.31 Å². The molecule has 0 aliphatic carbocycles. The topological polar surface area (TPSA) is 90.7 Å². The molecular formula is C21H23N3O5S2. The Kier molecular flexibility index (Phi) is 6.51. The molecule has 164 valence electrons. The number of imidazole rings is 1. The van der Waals surface area contributed by atoms with Crippen molar-refractivity contribution in [3.05, 3.63) is 52.5 Å². The summed E-state index contributed by atoms with van der Waals surface area (Å²) in [5, 5.41) is 1.93. The molecule has 3 heterocycles. The van der Waals surface area contributed by atoms with Gasteiger partial charge in [-0.15, -0.1) is 11.3 Å². The number of carbonyl (C=O) groups is 1. The number of morpholine rings is 1. The number of carbonyl (C=O) groups excluding carboxylic acids is 1. The van der Waals surface area contributed by atoms with Crippen LogP contribution >= 0.6 is 11.3 Å². The van der Waals surface area contributed by atoms with Crippen LogP contribution in [-0.4, -0.2) is 54.5 Å². The second-order valence-corrected chi connectivity index (χ2v) is 9.81.